The molecule has 0 unspecified atom stereocenters. The molecule has 1 saturated carbocycles. The summed E-state index contributed by atoms with van der Waals surface area (Å²) in [5.74, 6) is -1.21. The van der Waals surface area contributed by atoms with E-state index in [2.05, 4.69) is 10.2 Å². The minimum atomic E-state index is -4.71. The van der Waals surface area contributed by atoms with E-state index in [-0.39, 0.29) is 17.0 Å². The van der Waals surface area contributed by atoms with Gasteiger partial charge in [0.1, 0.15) is 23.3 Å². The van der Waals surface area contributed by atoms with Gasteiger partial charge in [0.2, 0.25) is 0 Å². The standard InChI is InChI=1S/C19H16F5N3O/c1-10(28-15-5-4-12(20)9-14(15)21)13-6-7-27-16(8-11-2-3-11)25-26-18(27)17(13)19(22,23)24/h4-7,9-11H,2-3,8H2,1H3/t10-/m1/s1. The SMILES string of the molecule is C[C@@H](Oc1ccc(F)cc1F)c1ccn2c(CC3CC3)nnc2c1C(F)(F)F. The fraction of sp³-hybridized carbons (Fsp3) is 0.368. The van der Waals surface area contributed by atoms with E-state index >= 15 is 0 Å². The molecule has 1 aromatic carbocycles. The van der Waals surface area contributed by atoms with Gasteiger partial charge in [-0.15, -0.1) is 10.2 Å². The number of hydrogen-bond acceptors (Lipinski definition) is 3. The summed E-state index contributed by atoms with van der Waals surface area (Å²) in [6, 6.07) is 3.90. The molecule has 4 nitrogen and oxygen atoms in total. The first-order valence-corrected chi connectivity index (χ1v) is 8.79. The third-order valence-electron chi connectivity index (χ3n) is 4.77. The van der Waals surface area contributed by atoms with Gasteiger partial charge < -0.3 is 4.74 Å². The Morgan fingerprint density at radius 3 is 2.57 bits per heavy atom. The molecule has 148 valence electrons. The molecule has 4 rings (SSSR count). The summed E-state index contributed by atoms with van der Waals surface area (Å²) in [5, 5.41) is 7.69. The fourth-order valence-corrected chi connectivity index (χ4v) is 3.19. The number of fused-ring (bicyclic) bond motifs is 1. The minimum absolute atomic E-state index is 0.200. The Labute approximate surface area is 157 Å². The monoisotopic (exact) mass is 397 g/mol. The maximum Gasteiger partial charge on any atom is 0.420 e. The number of nitrogens with zero attached hydrogens (tertiary/aromatic N) is 3. The lowest BCUT2D eigenvalue weighted by atomic mass is 10.0. The van der Waals surface area contributed by atoms with Crippen LogP contribution >= 0.6 is 0 Å². The van der Waals surface area contributed by atoms with Gasteiger partial charge in [0.15, 0.2) is 17.2 Å². The van der Waals surface area contributed by atoms with Crippen molar-refractivity contribution in [2.24, 2.45) is 5.92 Å². The zero-order chi connectivity index (χ0) is 20.1. The number of alkyl halides is 3. The van der Waals surface area contributed by atoms with E-state index in [9.17, 15) is 22.0 Å². The summed E-state index contributed by atoms with van der Waals surface area (Å²) in [4.78, 5) is 0. The third kappa shape index (κ3) is 3.53. The second-order valence-corrected chi connectivity index (χ2v) is 6.94. The zero-order valence-electron chi connectivity index (χ0n) is 14.8. The molecule has 3 aromatic rings. The van der Waals surface area contributed by atoms with E-state index < -0.39 is 29.5 Å². The van der Waals surface area contributed by atoms with Gasteiger partial charge in [-0.3, -0.25) is 4.40 Å². The van der Waals surface area contributed by atoms with Gasteiger partial charge >= 0.3 is 6.18 Å². The van der Waals surface area contributed by atoms with Crippen molar-refractivity contribution >= 4 is 5.65 Å². The van der Waals surface area contributed by atoms with Crippen LogP contribution in [0.3, 0.4) is 0 Å². The van der Waals surface area contributed by atoms with Crippen molar-refractivity contribution in [3.8, 4) is 5.75 Å². The highest BCUT2D eigenvalue weighted by Gasteiger charge is 2.39. The first kappa shape index (κ1) is 18.6. The number of pyridine rings is 1. The number of hydrogen-bond donors (Lipinski definition) is 0. The second kappa shape index (κ2) is 6.72. The molecular formula is C19H16F5N3O. The highest BCUT2D eigenvalue weighted by molar-refractivity contribution is 5.54. The molecule has 1 fully saturated rings. The molecule has 0 N–H and O–H groups in total. The molecule has 0 saturated heterocycles. The van der Waals surface area contributed by atoms with Crippen molar-refractivity contribution in [1.82, 2.24) is 14.6 Å². The van der Waals surface area contributed by atoms with Crippen LogP contribution in [0.5, 0.6) is 5.75 Å². The molecule has 9 heteroatoms. The van der Waals surface area contributed by atoms with Crippen molar-refractivity contribution in [2.45, 2.75) is 38.5 Å². The average molecular weight is 397 g/mol. The van der Waals surface area contributed by atoms with Crippen molar-refractivity contribution in [3.63, 3.8) is 0 Å². The Kier molecular flexibility index (Phi) is 4.47. The molecule has 0 radical (unpaired) electrons. The Balaban J connectivity index is 1.74. The molecule has 2 heterocycles. The van der Waals surface area contributed by atoms with Crippen LogP contribution in [0, 0.1) is 17.6 Å². The average Bonchev–Trinajstić information content (AvgIpc) is 3.34. The van der Waals surface area contributed by atoms with Gasteiger partial charge in [0.05, 0.1) is 0 Å². The number of benzene rings is 1. The maximum absolute atomic E-state index is 13.8. The second-order valence-electron chi connectivity index (χ2n) is 6.94. The van der Waals surface area contributed by atoms with Crippen LogP contribution in [0.1, 0.15) is 42.8 Å². The Hall–Kier alpha value is -2.71. The van der Waals surface area contributed by atoms with E-state index in [0.29, 0.717) is 24.2 Å². The van der Waals surface area contributed by atoms with Gasteiger partial charge in [-0.25, -0.2) is 8.78 Å². The Bertz CT molecular complexity index is 1030. The molecule has 0 spiro atoms. The van der Waals surface area contributed by atoms with Crippen LogP contribution in [-0.4, -0.2) is 14.6 Å². The lowest BCUT2D eigenvalue weighted by molar-refractivity contribution is -0.138. The molecular weight excluding hydrogens is 381 g/mol. The first-order valence-electron chi connectivity index (χ1n) is 8.79. The van der Waals surface area contributed by atoms with Gasteiger partial charge in [-0.1, -0.05) is 0 Å². The Morgan fingerprint density at radius 1 is 1.18 bits per heavy atom. The van der Waals surface area contributed by atoms with Crippen molar-refractivity contribution < 1.29 is 26.7 Å². The molecule has 1 atom stereocenters. The molecule has 0 amide bonds. The lowest BCUT2D eigenvalue weighted by Gasteiger charge is -2.20. The zero-order valence-corrected chi connectivity index (χ0v) is 14.8. The maximum atomic E-state index is 13.8. The van der Waals surface area contributed by atoms with Crippen LogP contribution in [0.15, 0.2) is 30.5 Å². The van der Waals surface area contributed by atoms with Gasteiger partial charge in [-0.05, 0) is 43.9 Å². The summed E-state index contributed by atoms with van der Waals surface area (Å²) < 4.78 is 75.1. The van der Waals surface area contributed by atoms with Crippen molar-refractivity contribution in [2.75, 3.05) is 0 Å². The summed E-state index contributed by atoms with van der Waals surface area (Å²) in [6.07, 6.45) is -1.74. The molecule has 1 aliphatic carbocycles. The Morgan fingerprint density at radius 2 is 1.93 bits per heavy atom. The van der Waals surface area contributed by atoms with Crippen molar-refractivity contribution in [3.05, 3.63) is 59.0 Å². The molecule has 0 bridgehead atoms. The highest BCUT2D eigenvalue weighted by atomic mass is 19.4. The van der Waals surface area contributed by atoms with E-state index in [0.717, 1.165) is 25.0 Å². The van der Waals surface area contributed by atoms with Gasteiger partial charge in [0.25, 0.3) is 0 Å². The summed E-state index contributed by atoms with van der Waals surface area (Å²) in [7, 11) is 0. The normalized spacial score (nSPS) is 15.8. The van der Waals surface area contributed by atoms with Gasteiger partial charge in [-0.2, -0.15) is 13.2 Å². The van der Waals surface area contributed by atoms with E-state index in [1.54, 1.807) is 0 Å². The van der Waals surface area contributed by atoms with E-state index in [4.69, 9.17) is 4.74 Å². The molecule has 2 aromatic heterocycles. The molecule has 1 aliphatic rings. The smallest absolute Gasteiger partial charge is 0.420 e. The number of ether oxygens (including phenoxy) is 1. The summed E-state index contributed by atoms with van der Waals surface area (Å²) in [6.45, 7) is 1.37. The summed E-state index contributed by atoms with van der Waals surface area (Å²) >= 11 is 0. The minimum Gasteiger partial charge on any atom is -0.483 e. The fourth-order valence-electron chi connectivity index (χ4n) is 3.19. The molecule has 0 aliphatic heterocycles. The number of rotatable bonds is 5. The van der Waals surface area contributed by atoms with Crippen LogP contribution in [0.2, 0.25) is 0 Å². The quantitative estimate of drug-likeness (QED) is 0.561. The topological polar surface area (TPSA) is 39.4 Å². The van der Waals surface area contributed by atoms with Crippen LogP contribution < -0.4 is 4.74 Å². The van der Waals surface area contributed by atoms with Gasteiger partial charge in [0, 0.05) is 24.2 Å². The van der Waals surface area contributed by atoms with Crippen LogP contribution in [0.4, 0.5) is 22.0 Å². The lowest BCUT2D eigenvalue weighted by Crippen LogP contribution is -2.16. The summed E-state index contributed by atoms with van der Waals surface area (Å²) in [5.41, 5.74) is -1.48. The number of halogens is 5. The van der Waals surface area contributed by atoms with Crippen LogP contribution in [0.25, 0.3) is 5.65 Å². The predicted octanol–water partition coefficient (Wildman–Crippen LogP) is 5.12. The van der Waals surface area contributed by atoms with Crippen LogP contribution in [-0.2, 0) is 12.6 Å². The molecule has 28 heavy (non-hydrogen) atoms. The largest absolute Gasteiger partial charge is 0.483 e. The van der Waals surface area contributed by atoms with Crippen molar-refractivity contribution in [1.29, 1.82) is 0 Å². The first-order chi connectivity index (χ1) is 13.2. The highest BCUT2D eigenvalue weighted by Crippen LogP contribution is 2.39. The van der Waals surface area contributed by atoms with E-state index in [1.807, 2.05) is 0 Å². The predicted molar refractivity (Wildman–Crippen MR) is 89.8 cm³/mol. The number of aromatic nitrogens is 3. The third-order valence-corrected chi connectivity index (χ3v) is 4.77. The van der Waals surface area contributed by atoms with E-state index in [1.165, 1.54) is 23.6 Å².